The van der Waals surface area contributed by atoms with Crippen LogP contribution in [-0.4, -0.2) is 15.9 Å². The number of aryl methyl sites for hydroxylation is 1. The quantitative estimate of drug-likeness (QED) is 0.499. The normalized spacial score (nSPS) is 11.6. The lowest BCUT2D eigenvalue weighted by Gasteiger charge is -2.05. The Balaban J connectivity index is 2.12. The van der Waals surface area contributed by atoms with Gasteiger partial charge in [-0.1, -0.05) is 15.9 Å². The van der Waals surface area contributed by atoms with Gasteiger partial charge in [0.05, 0.1) is 21.6 Å². The second-order valence-corrected chi connectivity index (χ2v) is 6.94. The highest BCUT2D eigenvalue weighted by atomic mass is 79.9. The van der Waals surface area contributed by atoms with Crippen LogP contribution in [0.3, 0.4) is 0 Å². The molecule has 112 valence electrons. The summed E-state index contributed by atoms with van der Waals surface area (Å²) in [4.78, 5) is 16.9. The van der Waals surface area contributed by atoms with Crippen LogP contribution in [0.4, 0.5) is 0 Å². The van der Waals surface area contributed by atoms with Crippen molar-refractivity contribution in [3.8, 4) is 0 Å². The molecule has 0 bridgehead atoms. The zero-order valence-corrected chi connectivity index (χ0v) is 15.9. The Bertz CT molecular complexity index is 940. The minimum atomic E-state index is -0.232. The molecule has 1 aromatic carbocycles. The Labute approximate surface area is 150 Å². The second kappa shape index (κ2) is 6.10. The maximum atomic E-state index is 12.5. The lowest BCUT2D eigenvalue weighted by molar-refractivity contribution is 0.532. The van der Waals surface area contributed by atoms with Gasteiger partial charge in [0.2, 0.25) is 0 Å². The summed E-state index contributed by atoms with van der Waals surface area (Å²) in [5.74, 6) is 1.01. The van der Waals surface area contributed by atoms with Gasteiger partial charge in [-0.25, -0.2) is 4.98 Å². The average molecular weight is 490 g/mol. The molecule has 0 atom stereocenters. The minimum Gasteiger partial charge on any atom is -0.447 e. The van der Waals surface area contributed by atoms with Crippen molar-refractivity contribution in [1.82, 2.24) is 9.66 Å². The predicted molar refractivity (Wildman–Crippen MR) is 95.5 cm³/mol. The van der Waals surface area contributed by atoms with Crippen LogP contribution in [0, 0.1) is 6.92 Å². The third kappa shape index (κ3) is 2.95. The lowest BCUT2D eigenvalue weighted by Crippen LogP contribution is -2.20. The van der Waals surface area contributed by atoms with Crippen LogP contribution in [0.25, 0.3) is 10.9 Å². The molecule has 0 amide bonds. The van der Waals surface area contributed by atoms with Gasteiger partial charge in [-0.3, -0.25) is 4.79 Å². The molecular weight excluding hydrogens is 482 g/mol. The number of halogens is 3. The number of hydrogen-bond acceptors (Lipinski definition) is 4. The van der Waals surface area contributed by atoms with Crippen LogP contribution in [0.2, 0.25) is 0 Å². The number of furan rings is 1. The molecule has 0 aliphatic rings. The van der Waals surface area contributed by atoms with Gasteiger partial charge in [-0.15, -0.1) is 0 Å². The van der Waals surface area contributed by atoms with Crippen molar-refractivity contribution in [1.29, 1.82) is 0 Å². The Kier molecular flexibility index (Phi) is 4.33. The van der Waals surface area contributed by atoms with E-state index in [2.05, 4.69) is 57.9 Å². The van der Waals surface area contributed by atoms with E-state index in [1.54, 1.807) is 25.1 Å². The summed E-state index contributed by atoms with van der Waals surface area (Å²) in [5, 5.41) is 4.67. The molecular formula is C14H8Br3N3O2. The van der Waals surface area contributed by atoms with Crippen LogP contribution >= 0.6 is 47.8 Å². The molecule has 0 saturated carbocycles. The number of nitrogens with zero attached hydrogens (tertiary/aromatic N) is 3. The highest BCUT2D eigenvalue weighted by Gasteiger charge is 2.08. The molecule has 0 radical (unpaired) electrons. The summed E-state index contributed by atoms with van der Waals surface area (Å²) in [6.07, 6.45) is 1.47. The first-order chi connectivity index (χ1) is 10.5. The molecule has 0 aliphatic carbocycles. The standard InChI is InChI=1S/C14H8Br3N3O2/c1-7-19-12-3-2-8(15)4-10(12)14(21)20(7)18-6-9-5-11(16)13(17)22-9/h2-6H,1H3. The van der Waals surface area contributed by atoms with Crippen molar-refractivity contribution < 1.29 is 4.42 Å². The molecule has 3 rings (SSSR count). The molecule has 0 aliphatic heterocycles. The Morgan fingerprint density at radius 2 is 2.05 bits per heavy atom. The van der Waals surface area contributed by atoms with Crippen LogP contribution < -0.4 is 5.56 Å². The molecule has 0 unspecified atom stereocenters. The van der Waals surface area contributed by atoms with Gasteiger partial charge in [0, 0.05) is 10.5 Å². The van der Waals surface area contributed by atoms with E-state index in [0.717, 1.165) is 8.95 Å². The van der Waals surface area contributed by atoms with E-state index in [-0.39, 0.29) is 5.56 Å². The molecule has 2 aromatic heterocycles. The molecule has 0 spiro atoms. The third-order valence-corrected chi connectivity index (χ3v) is 5.14. The largest absolute Gasteiger partial charge is 0.447 e. The number of aromatic nitrogens is 2. The first-order valence-corrected chi connectivity index (χ1v) is 8.51. The van der Waals surface area contributed by atoms with Gasteiger partial charge >= 0.3 is 0 Å². The topological polar surface area (TPSA) is 60.4 Å². The highest BCUT2D eigenvalue weighted by molar-refractivity contribution is 9.13. The fourth-order valence-corrected chi connectivity index (χ4v) is 2.91. The molecule has 2 heterocycles. The number of rotatable bonds is 2. The van der Waals surface area contributed by atoms with Crippen molar-refractivity contribution in [2.75, 3.05) is 0 Å². The third-order valence-electron chi connectivity index (χ3n) is 2.93. The Morgan fingerprint density at radius 1 is 1.27 bits per heavy atom. The molecule has 0 saturated heterocycles. The Hall–Kier alpha value is -1.25. The van der Waals surface area contributed by atoms with Gasteiger partial charge in [0.25, 0.3) is 5.56 Å². The zero-order valence-electron chi connectivity index (χ0n) is 11.2. The first kappa shape index (κ1) is 15.6. The number of hydrogen-bond donors (Lipinski definition) is 0. The fraction of sp³-hybridized carbons (Fsp3) is 0.0714. The van der Waals surface area contributed by atoms with Crippen molar-refractivity contribution in [3.05, 3.63) is 59.8 Å². The Morgan fingerprint density at radius 3 is 2.73 bits per heavy atom. The van der Waals surface area contributed by atoms with Gasteiger partial charge < -0.3 is 4.42 Å². The van der Waals surface area contributed by atoms with E-state index in [4.69, 9.17) is 4.42 Å². The van der Waals surface area contributed by atoms with E-state index >= 15 is 0 Å². The monoisotopic (exact) mass is 487 g/mol. The average Bonchev–Trinajstić information content (AvgIpc) is 2.78. The smallest absolute Gasteiger partial charge is 0.282 e. The number of fused-ring (bicyclic) bond motifs is 1. The van der Waals surface area contributed by atoms with Crippen molar-refractivity contribution in [2.24, 2.45) is 5.10 Å². The number of benzene rings is 1. The van der Waals surface area contributed by atoms with E-state index in [1.807, 2.05) is 6.07 Å². The van der Waals surface area contributed by atoms with E-state index in [9.17, 15) is 4.79 Å². The van der Waals surface area contributed by atoms with Crippen molar-refractivity contribution in [3.63, 3.8) is 0 Å². The maximum absolute atomic E-state index is 12.5. The van der Waals surface area contributed by atoms with Crippen LogP contribution in [-0.2, 0) is 0 Å². The molecule has 8 heteroatoms. The van der Waals surface area contributed by atoms with Crippen LogP contribution in [0.15, 0.2) is 52.2 Å². The van der Waals surface area contributed by atoms with Crippen molar-refractivity contribution >= 4 is 64.9 Å². The minimum absolute atomic E-state index is 0.232. The van der Waals surface area contributed by atoms with Gasteiger partial charge in [0.1, 0.15) is 11.6 Å². The van der Waals surface area contributed by atoms with Crippen LogP contribution in [0.1, 0.15) is 11.6 Å². The van der Waals surface area contributed by atoms with Gasteiger partial charge in [-0.05, 0) is 57.0 Å². The summed E-state index contributed by atoms with van der Waals surface area (Å²) in [6.45, 7) is 1.73. The summed E-state index contributed by atoms with van der Waals surface area (Å²) in [5.41, 5.74) is 0.408. The molecule has 0 fully saturated rings. The van der Waals surface area contributed by atoms with Gasteiger partial charge in [0.15, 0.2) is 4.67 Å². The van der Waals surface area contributed by atoms with E-state index in [1.165, 1.54) is 10.9 Å². The summed E-state index contributed by atoms with van der Waals surface area (Å²) >= 11 is 9.93. The van der Waals surface area contributed by atoms with E-state index in [0.29, 0.717) is 27.2 Å². The van der Waals surface area contributed by atoms with Gasteiger partial charge in [-0.2, -0.15) is 9.78 Å². The fourth-order valence-electron chi connectivity index (χ4n) is 1.94. The summed E-state index contributed by atoms with van der Waals surface area (Å²) in [7, 11) is 0. The predicted octanol–water partition coefficient (Wildman–Crippen LogP) is 4.47. The highest BCUT2D eigenvalue weighted by Crippen LogP contribution is 2.25. The van der Waals surface area contributed by atoms with Crippen LogP contribution in [0.5, 0.6) is 0 Å². The summed E-state index contributed by atoms with van der Waals surface area (Å²) in [6, 6.07) is 7.12. The second-order valence-electron chi connectivity index (χ2n) is 4.45. The molecule has 22 heavy (non-hydrogen) atoms. The first-order valence-electron chi connectivity index (χ1n) is 6.14. The van der Waals surface area contributed by atoms with E-state index < -0.39 is 0 Å². The SMILES string of the molecule is Cc1nc2ccc(Br)cc2c(=O)n1N=Cc1cc(Br)c(Br)o1. The zero-order chi connectivity index (χ0) is 15.9. The molecule has 5 nitrogen and oxygen atoms in total. The molecule has 0 N–H and O–H groups in total. The summed E-state index contributed by atoms with van der Waals surface area (Å²) < 4.78 is 8.81. The van der Waals surface area contributed by atoms with Crippen molar-refractivity contribution in [2.45, 2.75) is 6.92 Å². The lowest BCUT2D eigenvalue weighted by atomic mass is 10.2. The molecule has 3 aromatic rings. The maximum Gasteiger partial charge on any atom is 0.282 e.